The number of para-hydroxylation sites is 1. The molecule has 2 aromatic rings. The molecule has 0 radical (unpaired) electrons. The van der Waals surface area contributed by atoms with Crippen LogP contribution in [0.5, 0.6) is 11.5 Å². The third kappa shape index (κ3) is 3.87. The Labute approximate surface area is 164 Å². The fourth-order valence-electron chi connectivity index (χ4n) is 3.95. The zero-order valence-electron chi connectivity index (χ0n) is 15.9. The number of likely N-dealkylation sites (tertiary alicyclic amines) is 1. The highest BCUT2D eigenvalue weighted by Gasteiger charge is 2.42. The standard InChI is InChI=1S/C22H24N2O4/c1-27-17-6-4-5-16(13-17)23-21(26)15-24-11-9-22(10-12-24)14-19(25)18-7-2-3-8-20(18)28-22/h2-8,13H,9-12,14-15H2,1H3,(H,23,26). The summed E-state index contributed by atoms with van der Waals surface area (Å²) >= 11 is 0. The molecule has 1 N–H and O–H groups in total. The smallest absolute Gasteiger partial charge is 0.238 e. The second kappa shape index (κ2) is 7.64. The lowest BCUT2D eigenvalue weighted by molar-refractivity contribution is -0.118. The van der Waals surface area contributed by atoms with Gasteiger partial charge in [0.2, 0.25) is 5.91 Å². The zero-order chi connectivity index (χ0) is 19.6. The number of carbonyl (C=O) groups is 2. The molecule has 1 saturated heterocycles. The van der Waals surface area contributed by atoms with Gasteiger partial charge in [0.15, 0.2) is 5.78 Å². The minimum Gasteiger partial charge on any atom is -0.497 e. The number of fused-ring (bicyclic) bond motifs is 1. The van der Waals surface area contributed by atoms with Crippen LogP contribution in [0, 0.1) is 0 Å². The predicted molar refractivity (Wildman–Crippen MR) is 106 cm³/mol. The molecular weight excluding hydrogens is 356 g/mol. The van der Waals surface area contributed by atoms with Gasteiger partial charge in [0.25, 0.3) is 0 Å². The number of anilines is 1. The van der Waals surface area contributed by atoms with Crippen molar-refractivity contribution >= 4 is 17.4 Å². The first kappa shape index (κ1) is 18.5. The highest BCUT2D eigenvalue weighted by atomic mass is 16.5. The number of benzene rings is 2. The van der Waals surface area contributed by atoms with E-state index >= 15 is 0 Å². The summed E-state index contributed by atoms with van der Waals surface area (Å²) in [5, 5.41) is 2.91. The van der Waals surface area contributed by atoms with Crippen molar-refractivity contribution in [2.45, 2.75) is 24.9 Å². The van der Waals surface area contributed by atoms with Crippen LogP contribution in [0.3, 0.4) is 0 Å². The van der Waals surface area contributed by atoms with Crippen LogP contribution in [-0.4, -0.2) is 48.9 Å². The quantitative estimate of drug-likeness (QED) is 0.883. The van der Waals surface area contributed by atoms with Crippen LogP contribution in [0.25, 0.3) is 0 Å². The molecule has 0 unspecified atom stereocenters. The van der Waals surface area contributed by atoms with E-state index in [0.717, 1.165) is 31.6 Å². The van der Waals surface area contributed by atoms with Crippen molar-refractivity contribution < 1.29 is 19.1 Å². The molecule has 2 heterocycles. The largest absolute Gasteiger partial charge is 0.497 e. The van der Waals surface area contributed by atoms with Crippen molar-refractivity contribution in [1.29, 1.82) is 0 Å². The fourth-order valence-corrected chi connectivity index (χ4v) is 3.95. The fraction of sp³-hybridized carbons (Fsp3) is 0.364. The van der Waals surface area contributed by atoms with Gasteiger partial charge in [-0.3, -0.25) is 14.5 Å². The third-order valence-corrected chi connectivity index (χ3v) is 5.48. The summed E-state index contributed by atoms with van der Waals surface area (Å²) in [5.74, 6) is 1.47. The Kier molecular flexibility index (Phi) is 5.05. The molecule has 4 rings (SSSR count). The van der Waals surface area contributed by atoms with Gasteiger partial charge in [-0.2, -0.15) is 0 Å². The van der Waals surface area contributed by atoms with E-state index in [0.29, 0.717) is 30.0 Å². The molecule has 6 nitrogen and oxygen atoms in total. The van der Waals surface area contributed by atoms with Gasteiger partial charge in [0.05, 0.1) is 25.6 Å². The first-order valence-corrected chi connectivity index (χ1v) is 9.54. The molecular formula is C22H24N2O4. The summed E-state index contributed by atoms with van der Waals surface area (Å²) in [7, 11) is 1.60. The van der Waals surface area contributed by atoms with E-state index in [4.69, 9.17) is 9.47 Å². The Morgan fingerprint density at radius 1 is 1.18 bits per heavy atom. The monoisotopic (exact) mass is 380 g/mol. The third-order valence-electron chi connectivity index (χ3n) is 5.48. The average Bonchev–Trinajstić information content (AvgIpc) is 2.70. The average molecular weight is 380 g/mol. The maximum Gasteiger partial charge on any atom is 0.238 e. The van der Waals surface area contributed by atoms with Gasteiger partial charge in [-0.15, -0.1) is 0 Å². The van der Waals surface area contributed by atoms with E-state index in [1.54, 1.807) is 13.2 Å². The van der Waals surface area contributed by atoms with E-state index in [-0.39, 0.29) is 11.7 Å². The summed E-state index contributed by atoms with van der Waals surface area (Å²) in [4.78, 5) is 27.0. The van der Waals surface area contributed by atoms with Crippen LogP contribution in [0.15, 0.2) is 48.5 Å². The lowest BCUT2D eigenvalue weighted by atomic mass is 9.82. The van der Waals surface area contributed by atoms with Crippen molar-refractivity contribution in [2.75, 3.05) is 32.1 Å². The Hall–Kier alpha value is -2.86. The van der Waals surface area contributed by atoms with Crippen LogP contribution >= 0.6 is 0 Å². The number of nitrogens with one attached hydrogen (secondary N) is 1. The number of ether oxygens (including phenoxy) is 2. The zero-order valence-corrected chi connectivity index (χ0v) is 15.9. The lowest BCUT2D eigenvalue weighted by Crippen LogP contribution is -2.52. The van der Waals surface area contributed by atoms with Crippen LogP contribution < -0.4 is 14.8 Å². The molecule has 1 spiro atoms. The van der Waals surface area contributed by atoms with E-state index in [1.165, 1.54) is 0 Å². The van der Waals surface area contributed by atoms with Crippen LogP contribution in [0.4, 0.5) is 5.69 Å². The van der Waals surface area contributed by atoms with Gasteiger partial charge < -0.3 is 14.8 Å². The first-order chi connectivity index (χ1) is 13.6. The minimum absolute atomic E-state index is 0.0600. The number of rotatable bonds is 4. The Morgan fingerprint density at radius 2 is 1.96 bits per heavy atom. The van der Waals surface area contributed by atoms with Crippen molar-refractivity contribution in [1.82, 2.24) is 4.90 Å². The van der Waals surface area contributed by atoms with Crippen LogP contribution in [-0.2, 0) is 4.79 Å². The first-order valence-electron chi connectivity index (χ1n) is 9.54. The maximum absolute atomic E-state index is 12.5. The molecule has 0 bridgehead atoms. The predicted octanol–water partition coefficient (Wildman–Crippen LogP) is 3.13. The maximum atomic E-state index is 12.5. The number of Topliss-reactive ketones (excluding diaryl/α,β-unsaturated/α-hetero) is 1. The molecule has 6 heteroatoms. The normalized spacial score (nSPS) is 18.2. The second-order valence-corrected chi connectivity index (χ2v) is 7.44. The topological polar surface area (TPSA) is 67.9 Å². The second-order valence-electron chi connectivity index (χ2n) is 7.44. The highest BCUT2D eigenvalue weighted by Crippen LogP contribution is 2.39. The molecule has 28 heavy (non-hydrogen) atoms. The van der Waals surface area contributed by atoms with Gasteiger partial charge in [-0.25, -0.2) is 0 Å². The molecule has 2 aliphatic heterocycles. The van der Waals surface area contributed by atoms with E-state index < -0.39 is 5.60 Å². The SMILES string of the molecule is COc1cccc(NC(=O)CN2CCC3(CC2)CC(=O)c2ccccc2O3)c1. The molecule has 0 saturated carbocycles. The molecule has 2 aliphatic rings. The molecule has 0 aromatic heterocycles. The van der Waals surface area contributed by atoms with Crippen molar-refractivity contribution in [3.05, 3.63) is 54.1 Å². The Balaban J connectivity index is 1.33. The summed E-state index contributed by atoms with van der Waals surface area (Å²) in [5.41, 5.74) is 0.953. The number of piperidine rings is 1. The van der Waals surface area contributed by atoms with Crippen LogP contribution in [0.2, 0.25) is 0 Å². The van der Waals surface area contributed by atoms with Gasteiger partial charge in [-0.1, -0.05) is 18.2 Å². The van der Waals surface area contributed by atoms with Gasteiger partial charge in [0, 0.05) is 37.7 Å². The van der Waals surface area contributed by atoms with Gasteiger partial charge in [-0.05, 0) is 24.3 Å². The molecule has 2 aromatic carbocycles. The minimum atomic E-state index is -0.439. The van der Waals surface area contributed by atoms with Crippen molar-refractivity contribution in [3.63, 3.8) is 0 Å². The summed E-state index contributed by atoms with van der Waals surface area (Å²) in [6, 6.07) is 14.7. The summed E-state index contributed by atoms with van der Waals surface area (Å²) in [6.07, 6.45) is 1.88. The summed E-state index contributed by atoms with van der Waals surface area (Å²) < 4.78 is 11.4. The molecule has 0 atom stereocenters. The number of ketones is 1. The Morgan fingerprint density at radius 3 is 2.75 bits per heavy atom. The van der Waals surface area contributed by atoms with E-state index in [9.17, 15) is 9.59 Å². The lowest BCUT2D eigenvalue weighted by Gasteiger charge is -2.43. The molecule has 0 aliphatic carbocycles. The van der Waals surface area contributed by atoms with Gasteiger partial charge in [0.1, 0.15) is 17.1 Å². The molecule has 1 amide bonds. The number of hydrogen-bond acceptors (Lipinski definition) is 5. The highest BCUT2D eigenvalue weighted by molar-refractivity contribution is 6.00. The summed E-state index contributed by atoms with van der Waals surface area (Å²) in [6.45, 7) is 1.76. The molecule has 146 valence electrons. The molecule has 1 fully saturated rings. The number of carbonyl (C=O) groups excluding carboxylic acids is 2. The number of methoxy groups -OCH3 is 1. The van der Waals surface area contributed by atoms with E-state index in [1.807, 2.05) is 42.5 Å². The van der Waals surface area contributed by atoms with Crippen molar-refractivity contribution in [3.8, 4) is 11.5 Å². The number of nitrogens with zero attached hydrogens (tertiary/aromatic N) is 1. The van der Waals surface area contributed by atoms with Crippen LogP contribution in [0.1, 0.15) is 29.6 Å². The number of hydrogen-bond donors (Lipinski definition) is 1. The van der Waals surface area contributed by atoms with Crippen molar-refractivity contribution in [2.24, 2.45) is 0 Å². The number of amides is 1. The van der Waals surface area contributed by atoms with E-state index in [2.05, 4.69) is 10.2 Å². The Bertz CT molecular complexity index is 888. The van der Waals surface area contributed by atoms with Gasteiger partial charge >= 0.3 is 0 Å².